The van der Waals surface area contributed by atoms with Gasteiger partial charge in [-0.2, -0.15) is 18.4 Å². The smallest absolute Gasteiger partial charge is 0.393 e. The molecule has 1 fully saturated rings. The van der Waals surface area contributed by atoms with Gasteiger partial charge in [0.25, 0.3) is 5.91 Å². The molecule has 2 aromatic rings. The normalized spacial score (nSPS) is 19.0. The van der Waals surface area contributed by atoms with Gasteiger partial charge in [0.15, 0.2) is 5.54 Å². The first kappa shape index (κ1) is 20.9. The fourth-order valence-corrected chi connectivity index (χ4v) is 3.43. The highest BCUT2D eigenvalue weighted by atomic mass is 19.4. The Kier molecular flexibility index (Phi) is 5.26. The van der Waals surface area contributed by atoms with E-state index < -0.39 is 41.4 Å². The van der Waals surface area contributed by atoms with Gasteiger partial charge in [0.05, 0.1) is 36.0 Å². The summed E-state index contributed by atoms with van der Waals surface area (Å²) >= 11 is 0. The first-order valence-electron chi connectivity index (χ1n) is 8.59. The van der Waals surface area contributed by atoms with Crippen LogP contribution in [0.5, 0.6) is 0 Å². The van der Waals surface area contributed by atoms with E-state index in [2.05, 4.69) is 5.92 Å². The summed E-state index contributed by atoms with van der Waals surface area (Å²) in [6, 6.07) is 10.8. The Balaban J connectivity index is 2.21. The van der Waals surface area contributed by atoms with E-state index in [4.69, 9.17) is 11.7 Å². The second-order valence-corrected chi connectivity index (χ2v) is 6.44. The summed E-state index contributed by atoms with van der Waals surface area (Å²) in [5.74, 6) is 1.29. The molecule has 0 aliphatic carbocycles. The van der Waals surface area contributed by atoms with E-state index in [9.17, 15) is 27.9 Å². The van der Waals surface area contributed by atoms with Crippen molar-refractivity contribution in [1.29, 1.82) is 5.26 Å². The first-order chi connectivity index (χ1) is 14.2. The average Bonchev–Trinajstić information content (AvgIpc) is 2.95. The molecule has 0 spiro atoms. The van der Waals surface area contributed by atoms with E-state index >= 15 is 0 Å². The highest BCUT2D eigenvalue weighted by Crippen LogP contribution is 2.41. The number of imide groups is 1. The number of urea groups is 1. The predicted octanol–water partition coefficient (Wildman–Crippen LogP) is 2.87. The Morgan fingerprint density at radius 1 is 1.13 bits per heavy atom. The quantitative estimate of drug-likeness (QED) is 0.617. The first-order valence-corrected chi connectivity index (χ1v) is 8.59. The Bertz CT molecular complexity index is 1090. The predicted molar refractivity (Wildman–Crippen MR) is 99.8 cm³/mol. The number of alkyl halides is 3. The van der Waals surface area contributed by atoms with Crippen molar-refractivity contribution < 1.29 is 27.9 Å². The monoisotopic (exact) mass is 413 g/mol. The molecular formula is C21H14F3N3O3. The highest BCUT2D eigenvalue weighted by Gasteiger charge is 2.58. The molecule has 0 aromatic heterocycles. The maximum Gasteiger partial charge on any atom is 0.417 e. The van der Waals surface area contributed by atoms with Gasteiger partial charge in [0.1, 0.15) is 0 Å². The summed E-state index contributed by atoms with van der Waals surface area (Å²) in [7, 11) is 0. The summed E-state index contributed by atoms with van der Waals surface area (Å²) in [6.07, 6.45) is 0.457. The van der Waals surface area contributed by atoms with Crippen LogP contribution >= 0.6 is 0 Å². The number of terminal acetylenes is 1. The molecule has 3 rings (SSSR count). The minimum atomic E-state index is -4.88. The number of halogens is 3. The topological polar surface area (TPSA) is 84.6 Å². The fraction of sp³-hybridized carbons (Fsp3) is 0.190. The second kappa shape index (κ2) is 7.54. The molecule has 30 heavy (non-hydrogen) atoms. The minimum absolute atomic E-state index is 0.258. The number of hydrogen-bond acceptors (Lipinski definition) is 4. The molecule has 1 unspecified atom stereocenters. The van der Waals surface area contributed by atoms with Gasteiger partial charge in [0, 0.05) is 0 Å². The summed E-state index contributed by atoms with van der Waals surface area (Å²) in [5.41, 5.74) is -3.95. The van der Waals surface area contributed by atoms with Gasteiger partial charge < -0.3 is 5.11 Å². The molecule has 1 aliphatic rings. The zero-order chi connectivity index (χ0) is 22.1. The molecule has 0 radical (unpaired) electrons. The molecule has 2 aromatic carbocycles. The van der Waals surface area contributed by atoms with Crippen LogP contribution in [0.15, 0.2) is 48.5 Å². The summed E-state index contributed by atoms with van der Waals surface area (Å²) < 4.78 is 40.1. The molecule has 1 heterocycles. The van der Waals surface area contributed by atoms with Crippen molar-refractivity contribution in [3.8, 4) is 18.4 Å². The molecule has 6 nitrogen and oxygen atoms in total. The van der Waals surface area contributed by atoms with Gasteiger partial charge in [0.2, 0.25) is 0 Å². The third-order valence-electron chi connectivity index (χ3n) is 4.86. The molecule has 3 amide bonds. The van der Waals surface area contributed by atoms with E-state index in [1.165, 1.54) is 18.2 Å². The SMILES string of the molecule is C#CCN1C(=O)N(c2ccc(C#N)c(C(F)(F)F)c2)C(=O)C1(CO)c1ccccc1. The van der Waals surface area contributed by atoms with Crippen molar-refractivity contribution in [2.45, 2.75) is 11.7 Å². The molecular weight excluding hydrogens is 399 g/mol. The van der Waals surface area contributed by atoms with Gasteiger partial charge >= 0.3 is 12.2 Å². The van der Waals surface area contributed by atoms with Crippen LogP contribution in [0.2, 0.25) is 0 Å². The largest absolute Gasteiger partial charge is 0.417 e. The number of aliphatic hydroxyl groups excluding tert-OH is 1. The average molecular weight is 413 g/mol. The number of benzene rings is 2. The number of amides is 3. The minimum Gasteiger partial charge on any atom is -0.393 e. The van der Waals surface area contributed by atoms with Crippen LogP contribution in [0, 0.1) is 23.7 Å². The third-order valence-corrected chi connectivity index (χ3v) is 4.86. The summed E-state index contributed by atoms with van der Waals surface area (Å²) in [6.45, 7) is -1.19. The Morgan fingerprint density at radius 3 is 2.33 bits per heavy atom. The number of aliphatic hydroxyl groups is 1. The van der Waals surface area contributed by atoms with Gasteiger partial charge in [-0.1, -0.05) is 36.3 Å². The lowest BCUT2D eigenvalue weighted by Gasteiger charge is -2.32. The summed E-state index contributed by atoms with van der Waals surface area (Å²) in [4.78, 5) is 27.9. The maximum absolute atomic E-state index is 13.4. The Morgan fingerprint density at radius 2 is 1.80 bits per heavy atom. The summed E-state index contributed by atoms with van der Waals surface area (Å²) in [5, 5.41) is 19.1. The number of nitrogens with zero attached hydrogens (tertiary/aromatic N) is 3. The van der Waals surface area contributed by atoms with Crippen molar-refractivity contribution in [1.82, 2.24) is 4.90 Å². The van der Waals surface area contributed by atoms with Crippen molar-refractivity contribution in [3.63, 3.8) is 0 Å². The van der Waals surface area contributed by atoms with Gasteiger partial charge in [-0.05, 0) is 23.8 Å². The van der Waals surface area contributed by atoms with Crippen LogP contribution in [0.4, 0.5) is 23.7 Å². The number of carbonyl (C=O) groups is 2. The lowest BCUT2D eigenvalue weighted by atomic mass is 9.89. The zero-order valence-corrected chi connectivity index (χ0v) is 15.3. The van der Waals surface area contributed by atoms with Crippen molar-refractivity contribution in [2.24, 2.45) is 0 Å². The van der Waals surface area contributed by atoms with Gasteiger partial charge in [-0.15, -0.1) is 6.42 Å². The van der Waals surface area contributed by atoms with E-state index in [-0.39, 0.29) is 17.8 Å². The standard InChI is InChI=1S/C21H14F3N3O3/c1-2-10-26-19(30)27(16-9-8-14(12-25)17(11-16)21(22,23)24)18(29)20(26,13-28)15-6-4-3-5-7-15/h1,3-9,11,28H,10,13H2. The van der Waals surface area contributed by atoms with Crippen LogP contribution in [0.3, 0.4) is 0 Å². The van der Waals surface area contributed by atoms with E-state index in [1.54, 1.807) is 18.2 Å². The molecule has 0 bridgehead atoms. The second-order valence-electron chi connectivity index (χ2n) is 6.44. The van der Waals surface area contributed by atoms with Crippen LogP contribution in [-0.4, -0.2) is 35.1 Å². The van der Waals surface area contributed by atoms with Crippen LogP contribution < -0.4 is 4.90 Å². The molecule has 1 saturated heterocycles. The van der Waals surface area contributed by atoms with Gasteiger partial charge in [-0.25, -0.2) is 9.69 Å². The van der Waals surface area contributed by atoms with E-state index in [0.717, 1.165) is 17.0 Å². The fourth-order valence-electron chi connectivity index (χ4n) is 3.43. The third kappa shape index (κ3) is 3.06. The van der Waals surface area contributed by atoms with Crippen molar-refractivity contribution in [2.75, 3.05) is 18.1 Å². The zero-order valence-electron chi connectivity index (χ0n) is 15.3. The van der Waals surface area contributed by atoms with E-state index in [1.807, 2.05) is 0 Å². The van der Waals surface area contributed by atoms with Crippen LogP contribution in [0.1, 0.15) is 16.7 Å². The lowest BCUT2D eigenvalue weighted by molar-refractivity contribution is -0.137. The molecule has 1 atom stereocenters. The molecule has 9 heteroatoms. The maximum atomic E-state index is 13.4. The molecule has 152 valence electrons. The van der Waals surface area contributed by atoms with Crippen molar-refractivity contribution >= 4 is 17.6 Å². The van der Waals surface area contributed by atoms with Crippen LogP contribution in [0.25, 0.3) is 0 Å². The number of rotatable bonds is 4. The Hall–Kier alpha value is -3.82. The number of carbonyl (C=O) groups excluding carboxylic acids is 2. The Labute approximate surface area is 169 Å². The lowest BCUT2D eigenvalue weighted by Crippen LogP contribution is -2.50. The van der Waals surface area contributed by atoms with Gasteiger partial charge in [-0.3, -0.25) is 9.69 Å². The van der Waals surface area contributed by atoms with Crippen LogP contribution in [-0.2, 0) is 16.5 Å². The van der Waals surface area contributed by atoms with E-state index in [0.29, 0.717) is 11.0 Å². The highest BCUT2D eigenvalue weighted by molar-refractivity contribution is 6.23. The number of hydrogen-bond donors (Lipinski definition) is 1. The molecule has 0 saturated carbocycles. The number of nitriles is 1. The molecule has 1 aliphatic heterocycles. The van der Waals surface area contributed by atoms with Crippen molar-refractivity contribution in [3.05, 3.63) is 65.2 Å². The molecule has 1 N–H and O–H groups in total. The number of anilines is 1.